The van der Waals surface area contributed by atoms with Crippen LogP contribution in [-0.2, 0) is 0 Å². The molecule has 0 aliphatic carbocycles. The van der Waals surface area contributed by atoms with Gasteiger partial charge in [0.25, 0.3) is 0 Å². The zero-order chi connectivity index (χ0) is 14.7. The molecule has 0 atom stereocenters. The van der Waals surface area contributed by atoms with Gasteiger partial charge in [-0.15, -0.1) is 0 Å². The second-order valence-corrected chi connectivity index (χ2v) is 4.94. The van der Waals surface area contributed by atoms with Crippen molar-refractivity contribution in [1.82, 2.24) is 19.7 Å². The maximum absolute atomic E-state index is 12.0. The minimum atomic E-state index is -0.154. The molecule has 0 saturated carbocycles. The summed E-state index contributed by atoms with van der Waals surface area (Å²) in [6.45, 7) is 1.27. The summed E-state index contributed by atoms with van der Waals surface area (Å²) in [6, 6.07) is 5.64. The van der Waals surface area contributed by atoms with Crippen LogP contribution in [0.5, 0.6) is 0 Å². The predicted molar refractivity (Wildman–Crippen MR) is 75.7 cm³/mol. The van der Waals surface area contributed by atoms with E-state index in [-0.39, 0.29) is 6.03 Å². The van der Waals surface area contributed by atoms with Gasteiger partial charge < -0.3 is 10.2 Å². The van der Waals surface area contributed by atoms with Gasteiger partial charge >= 0.3 is 6.03 Å². The van der Waals surface area contributed by atoms with Crippen LogP contribution >= 0.6 is 0 Å². The maximum Gasteiger partial charge on any atom is 0.321 e. The molecule has 1 aliphatic rings. The highest BCUT2D eigenvalue weighted by molar-refractivity contribution is 5.89. The highest BCUT2D eigenvalue weighted by Gasteiger charge is 2.30. The van der Waals surface area contributed by atoms with E-state index in [1.165, 1.54) is 0 Å². The molecule has 21 heavy (non-hydrogen) atoms. The molecule has 3 heterocycles. The maximum atomic E-state index is 12.0. The number of nitrogens with one attached hydrogen (secondary N) is 1. The number of carbonyl (C=O) groups is 1. The summed E-state index contributed by atoms with van der Waals surface area (Å²) < 4.78 is 1.67. The number of carbonyl (C=O) groups excluding carboxylic acids is 1. The molecule has 7 heteroatoms. The van der Waals surface area contributed by atoms with Crippen LogP contribution in [0.1, 0.15) is 6.42 Å². The Kier molecular flexibility index (Phi) is 3.51. The third-order valence-electron chi connectivity index (χ3n) is 3.39. The Labute approximate surface area is 121 Å². The number of anilines is 1. The third kappa shape index (κ3) is 2.84. The van der Waals surface area contributed by atoms with E-state index in [4.69, 9.17) is 5.26 Å². The van der Waals surface area contributed by atoms with E-state index in [2.05, 4.69) is 21.5 Å². The second kappa shape index (κ2) is 5.63. The lowest BCUT2D eigenvalue weighted by Gasteiger charge is -2.37. The van der Waals surface area contributed by atoms with E-state index in [1.807, 2.05) is 12.1 Å². The molecule has 0 radical (unpaired) electrons. The highest BCUT2D eigenvalue weighted by Crippen LogP contribution is 2.20. The lowest BCUT2D eigenvalue weighted by Crippen LogP contribution is -2.51. The fourth-order valence-electron chi connectivity index (χ4n) is 2.22. The van der Waals surface area contributed by atoms with Crippen molar-refractivity contribution in [2.45, 2.75) is 6.42 Å². The second-order valence-electron chi connectivity index (χ2n) is 4.94. The first-order chi connectivity index (χ1) is 10.3. The van der Waals surface area contributed by atoms with E-state index in [9.17, 15) is 4.79 Å². The lowest BCUT2D eigenvalue weighted by atomic mass is 9.98. The Hall–Kier alpha value is -2.88. The minimum absolute atomic E-state index is 0.154. The number of rotatable bonds is 3. The number of hydrogen-bond donors (Lipinski definition) is 1. The monoisotopic (exact) mass is 282 g/mol. The number of nitriles is 1. The van der Waals surface area contributed by atoms with Crippen LogP contribution < -0.4 is 5.32 Å². The average Bonchev–Trinajstić information content (AvgIpc) is 2.91. The van der Waals surface area contributed by atoms with Crippen molar-refractivity contribution in [3.8, 4) is 11.8 Å². The highest BCUT2D eigenvalue weighted by atomic mass is 16.2. The number of pyridine rings is 1. The van der Waals surface area contributed by atoms with Crippen LogP contribution in [0.3, 0.4) is 0 Å². The topological polar surface area (TPSA) is 86.8 Å². The quantitative estimate of drug-likeness (QED) is 0.927. The van der Waals surface area contributed by atoms with Gasteiger partial charge in [0.15, 0.2) is 0 Å². The molecule has 2 amide bonds. The van der Waals surface area contributed by atoms with Crippen molar-refractivity contribution in [2.75, 3.05) is 18.4 Å². The Morgan fingerprint density at radius 2 is 2.19 bits per heavy atom. The predicted octanol–water partition coefficient (Wildman–Crippen LogP) is 1.64. The van der Waals surface area contributed by atoms with Gasteiger partial charge in [0, 0.05) is 37.8 Å². The SMILES string of the molecule is N#CCC1CN(C(=O)Nc2cnn(-c3ccncc3)c2)C1. The smallest absolute Gasteiger partial charge is 0.321 e. The summed E-state index contributed by atoms with van der Waals surface area (Å²) >= 11 is 0. The zero-order valence-corrected chi connectivity index (χ0v) is 11.3. The van der Waals surface area contributed by atoms with Gasteiger partial charge in [0.05, 0.1) is 29.8 Å². The molecular weight excluding hydrogens is 268 g/mol. The van der Waals surface area contributed by atoms with Gasteiger partial charge in [-0.2, -0.15) is 10.4 Å². The van der Waals surface area contributed by atoms with Crippen LogP contribution in [0, 0.1) is 17.2 Å². The Bertz CT molecular complexity index is 668. The van der Waals surface area contributed by atoms with Crippen molar-refractivity contribution < 1.29 is 4.79 Å². The molecular formula is C14H14N6O. The van der Waals surface area contributed by atoms with E-state index in [0.717, 1.165) is 5.69 Å². The number of aromatic nitrogens is 3. The number of amides is 2. The molecule has 1 saturated heterocycles. The molecule has 2 aromatic heterocycles. The van der Waals surface area contributed by atoms with Crippen molar-refractivity contribution in [3.05, 3.63) is 36.9 Å². The number of nitrogens with zero attached hydrogens (tertiary/aromatic N) is 5. The first kappa shape index (κ1) is 13.1. The number of hydrogen-bond acceptors (Lipinski definition) is 4. The summed E-state index contributed by atoms with van der Waals surface area (Å²) in [4.78, 5) is 17.6. The fourth-order valence-corrected chi connectivity index (χ4v) is 2.22. The van der Waals surface area contributed by atoms with Gasteiger partial charge in [-0.05, 0) is 12.1 Å². The molecule has 1 aliphatic heterocycles. The van der Waals surface area contributed by atoms with Crippen LogP contribution in [0.4, 0.5) is 10.5 Å². The van der Waals surface area contributed by atoms with Crippen LogP contribution in [0.15, 0.2) is 36.9 Å². The molecule has 1 fully saturated rings. The van der Waals surface area contributed by atoms with Gasteiger partial charge in [0.2, 0.25) is 0 Å². The van der Waals surface area contributed by atoms with Gasteiger partial charge in [-0.1, -0.05) is 0 Å². The van der Waals surface area contributed by atoms with Crippen molar-refractivity contribution in [2.24, 2.45) is 5.92 Å². The largest absolute Gasteiger partial charge is 0.324 e. The van der Waals surface area contributed by atoms with Gasteiger partial charge in [0.1, 0.15) is 0 Å². The first-order valence-corrected chi connectivity index (χ1v) is 6.64. The Morgan fingerprint density at radius 3 is 2.90 bits per heavy atom. The molecule has 3 rings (SSSR count). The summed E-state index contributed by atoms with van der Waals surface area (Å²) in [6.07, 6.45) is 7.23. The molecule has 0 aromatic carbocycles. The average molecular weight is 282 g/mol. The summed E-state index contributed by atoms with van der Waals surface area (Å²) in [5.74, 6) is 0.306. The molecule has 0 unspecified atom stereocenters. The van der Waals surface area contributed by atoms with Crippen LogP contribution in [0.25, 0.3) is 5.69 Å². The number of urea groups is 1. The minimum Gasteiger partial charge on any atom is -0.324 e. The fraction of sp³-hybridized carbons (Fsp3) is 0.286. The zero-order valence-electron chi connectivity index (χ0n) is 11.3. The molecule has 0 bridgehead atoms. The molecule has 2 aromatic rings. The summed E-state index contributed by atoms with van der Waals surface area (Å²) in [7, 11) is 0. The van der Waals surface area contributed by atoms with Crippen LogP contribution in [-0.4, -0.2) is 38.8 Å². The van der Waals surface area contributed by atoms with Crippen molar-refractivity contribution in [1.29, 1.82) is 5.26 Å². The first-order valence-electron chi connectivity index (χ1n) is 6.64. The molecule has 7 nitrogen and oxygen atoms in total. The van der Waals surface area contributed by atoms with Gasteiger partial charge in [-0.3, -0.25) is 4.98 Å². The van der Waals surface area contributed by atoms with Crippen LogP contribution in [0.2, 0.25) is 0 Å². The molecule has 1 N–H and O–H groups in total. The van der Waals surface area contributed by atoms with E-state index >= 15 is 0 Å². The van der Waals surface area contributed by atoms with E-state index < -0.39 is 0 Å². The van der Waals surface area contributed by atoms with Gasteiger partial charge in [-0.25, -0.2) is 9.48 Å². The van der Waals surface area contributed by atoms with E-state index in [0.29, 0.717) is 31.1 Å². The standard InChI is InChI=1S/C14H14N6O/c15-4-1-11-8-19(9-11)14(21)18-12-7-17-20(10-12)13-2-5-16-6-3-13/h2-3,5-7,10-11H,1,8-9H2,(H,18,21). The molecule has 0 spiro atoms. The molecule has 106 valence electrons. The Balaban J connectivity index is 1.58. The normalized spacial score (nSPS) is 14.3. The number of likely N-dealkylation sites (tertiary alicyclic amines) is 1. The lowest BCUT2D eigenvalue weighted by molar-refractivity contribution is 0.133. The summed E-state index contributed by atoms with van der Waals surface area (Å²) in [5, 5.41) is 15.6. The summed E-state index contributed by atoms with van der Waals surface area (Å²) in [5.41, 5.74) is 1.52. The van der Waals surface area contributed by atoms with Crippen molar-refractivity contribution in [3.63, 3.8) is 0 Å². The Morgan fingerprint density at radius 1 is 1.43 bits per heavy atom. The third-order valence-corrected chi connectivity index (χ3v) is 3.39. The van der Waals surface area contributed by atoms with E-state index in [1.54, 1.807) is 34.4 Å². The van der Waals surface area contributed by atoms with Crippen molar-refractivity contribution >= 4 is 11.7 Å².